The Labute approximate surface area is 167 Å². The lowest BCUT2D eigenvalue weighted by molar-refractivity contribution is 0.139. The van der Waals surface area contributed by atoms with E-state index < -0.39 is 0 Å². The summed E-state index contributed by atoms with van der Waals surface area (Å²) in [7, 11) is 1.83. The van der Waals surface area contributed by atoms with Gasteiger partial charge >= 0.3 is 0 Å². The second kappa shape index (κ2) is 10.1. The van der Waals surface area contributed by atoms with Crippen LogP contribution in [0.4, 0.5) is 5.82 Å². The lowest BCUT2D eigenvalue weighted by Crippen LogP contribution is -2.50. The minimum Gasteiger partial charge on any atom is -0.355 e. The van der Waals surface area contributed by atoms with Crippen LogP contribution in [0.1, 0.15) is 13.3 Å². The zero-order valence-corrected chi connectivity index (χ0v) is 17.3. The lowest BCUT2D eigenvalue weighted by atomic mass is 10.3. The molecule has 0 aromatic carbocycles. The molecule has 2 aliphatic heterocycles. The summed E-state index contributed by atoms with van der Waals surface area (Å²) in [4.78, 5) is 16.1. The predicted molar refractivity (Wildman–Crippen MR) is 113 cm³/mol. The first-order valence-corrected chi connectivity index (χ1v) is 10.3. The molecule has 0 saturated carbocycles. The fourth-order valence-corrected chi connectivity index (χ4v) is 3.97. The number of aliphatic imine (C=N–C) groups is 1. The van der Waals surface area contributed by atoms with Gasteiger partial charge in [-0.05, 0) is 25.1 Å². The van der Waals surface area contributed by atoms with Crippen LogP contribution in [-0.4, -0.2) is 92.7 Å². The number of likely N-dealkylation sites (N-methyl/N-ethyl adjacent to an activating group) is 1. The molecule has 8 heteroatoms. The normalized spacial score (nSPS) is 22.3. The molecule has 7 nitrogen and oxygen atoms in total. The lowest BCUT2D eigenvalue weighted by Gasteiger charge is -2.34. The first-order valence-electron chi connectivity index (χ1n) is 9.97. The number of anilines is 1. The summed E-state index contributed by atoms with van der Waals surface area (Å²) in [5.41, 5.74) is 0. The van der Waals surface area contributed by atoms with Crippen molar-refractivity contribution in [3.8, 4) is 0 Å². The van der Waals surface area contributed by atoms with Crippen LogP contribution in [0.5, 0.6) is 0 Å². The van der Waals surface area contributed by atoms with Crippen molar-refractivity contribution in [2.24, 2.45) is 4.99 Å². The molecule has 0 amide bonds. The predicted octanol–water partition coefficient (Wildman–Crippen LogP) is 1.12. The van der Waals surface area contributed by atoms with Gasteiger partial charge in [0, 0.05) is 71.6 Å². The van der Waals surface area contributed by atoms with Crippen LogP contribution in [0.2, 0.25) is 5.02 Å². The van der Waals surface area contributed by atoms with Crippen LogP contribution < -0.4 is 15.5 Å². The van der Waals surface area contributed by atoms with Gasteiger partial charge in [-0.2, -0.15) is 0 Å². The van der Waals surface area contributed by atoms with Crippen LogP contribution in [0, 0.1) is 0 Å². The number of nitrogens with zero attached hydrogens (tertiary/aromatic N) is 5. The van der Waals surface area contributed by atoms with E-state index in [2.05, 4.69) is 42.2 Å². The third kappa shape index (κ3) is 5.70. The Hall–Kier alpha value is -1.57. The van der Waals surface area contributed by atoms with Crippen molar-refractivity contribution in [1.29, 1.82) is 0 Å². The highest BCUT2D eigenvalue weighted by Crippen LogP contribution is 2.25. The van der Waals surface area contributed by atoms with Gasteiger partial charge in [0.2, 0.25) is 0 Å². The van der Waals surface area contributed by atoms with E-state index in [-0.39, 0.29) is 0 Å². The fraction of sp³-hybridized carbons (Fsp3) is 0.684. The highest BCUT2D eigenvalue weighted by molar-refractivity contribution is 6.32. The molecule has 1 unspecified atom stereocenters. The molecular weight excluding hydrogens is 362 g/mol. The van der Waals surface area contributed by atoms with E-state index in [1.807, 2.05) is 19.2 Å². The second-order valence-corrected chi connectivity index (χ2v) is 7.57. The molecule has 0 bridgehead atoms. The van der Waals surface area contributed by atoms with Gasteiger partial charge < -0.3 is 20.4 Å². The number of piperazine rings is 1. The summed E-state index contributed by atoms with van der Waals surface area (Å²) < 4.78 is 0. The standard InChI is InChI=1S/C19H32ClN7/c1-3-25-11-13-26(14-12-25)10-8-23-19(21-2)24-16-6-9-27(15-16)18-17(20)5-4-7-22-18/h4-5,7,16H,3,6,8-15H2,1-2H3,(H2,21,23,24). The molecule has 1 aromatic heterocycles. The van der Waals surface area contributed by atoms with E-state index in [0.29, 0.717) is 11.1 Å². The van der Waals surface area contributed by atoms with Crippen molar-refractivity contribution in [2.45, 2.75) is 19.4 Å². The highest BCUT2D eigenvalue weighted by Gasteiger charge is 2.25. The molecule has 2 N–H and O–H groups in total. The SMILES string of the molecule is CCN1CCN(CCNC(=NC)NC2CCN(c3ncccc3Cl)C2)CC1. The molecular formula is C19H32ClN7. The number of halogens is 1. The molecule has 2 aliphatic rings. The molecule has 1 atom stereocenters. The maximum absolute atomic E-state index is 6.28. The van der Waals surface area contributed by atoms with Crippen LogP contribution in [0.3, 0.4) is 0 Å². The number of nitrogens with one attached hydrogen (secondary N) is 2. The number of pyridine rings is 1. The third-order valence-corrected chi connectivity index (χ3v) is 5.72. The third-order valence-electron chi connectivity index (χ3n) is 5.42. The Morgan fingerprint density at radius 2 is 2.04 bits per heavy atom. The maximum atomic E-state index is 6.28. The zero-order chi connectivity index (χ0) is 19.1. The largest absolute Gasteiger partial charge is 0.355 e. The van der Waals surface area contributed by atoms with Crippen molar-refractivity contribution in [3.05, 3.63) is 23.4 Å². The second-order valence-electron chi connectivity index (χ2n) is 7.16. The number of hydrogen-bond donors (Lipinski definition) is 2. The maximum Gasteiger partial charge on any atom is 0.191 e. The van der Waals surface area contributed by atoms with Crippen molar-refractivity contribution in [2.75, 3.05) is 70.9 Å². The molecule has 1 aromatic rings. The van der Waals surface area contributed by atoms with Gasteiger partial charge in [0.25, 0.3) is 0 Å². The molecule has 2 fully saturated rings. The van der Waals surface area contributed by atoms with Crippen LogP contribution in [-0.2, 0) is 0 Å². The Morgan fingerprint density at radius 3 is 2.74 bits per heavy atom. The quantitative estimate of drug-likeness (QED) is 0.558. The minimum atomic E-state index is 0.349. The van der Waals surface area contributed by atoms with E-state index in [9.17, 15) is 0 Å². The summed E-state index contributed by atoms with van der Waals surface area (Å²) in [6.07, 6.45) is 2.84. The van der Waals surface area contributed by atoms with Gasteiger partial charge in [0.15, 0.2) is 5.96 Å². The summed E-state index contributed by atoms with van der Waals surface area (Å²) in [6, 6.07) is 4.11. The number of aromatic nitrogens is 1. The molecule has 0 spiro atoms. The van der Waals surface area contributed by atoms with E-state index in [4.69, 9.17) is 11.6 Å². The molecule has 150 valence electrons. The van der Waals surface area contributed by atoms with Gasteiger partial charge in [0.05, 0.1) is 5.02 Å². The van der Waals surface area contributed by atoms with E-state index in [1.165, 1.54) is 13.1 Å². The van der Waals surface area contributed by atoms with Crippen molar-refractivity contribution in [3.63, 3.8) is 0 Å². The van der Waals surface area contributed by atoms with E-state index in [1.54, 1.807) is 6.20 Å². The number of hydrogen-bond acceptors (Lipinski definition) is 5. The highest BCUT2D eigenvalue weighted by atomic mass is 35.5. The molecule has 3 rings (SSSR count). The number of guanidine groups is 1. The average molecular weight is 394 g/mol. The Morgan fingerprint density at radius 1 is 1.26 bits per heavy atom. The van der Waals surface area contributed by atoms with Gasteiger partial charge in [0.1, 0.15) is 5.82 Å². The average Bonchev–Trinajstić information content (AvgIpc) is 3.16. The molecule has 3 heterocycles. The Balaban J connectivity index is 1.39. The number of rotatable bonds is 6. The smallest absolute Gasteiger partial charge is 0.191 e. The topological polar surface area (TPSA) is 59.0 Å². The molecule has 0 aliphatic carbocycles. The van der Waals surface area contributed by atoms with Gasteiger partial charge in [-0.15, -0.1) is 0 Å². The Kier molecular flexibility index (Phi) is 7.55. The summed E-state index contributed by atoms with van der Waals surface area (Å²) in [5.74, 6) is 1.75. The molecule has 0 radical (unpaired) electrons. The van der Waals surface area contributed by atoms with Crippen LogP contribution >= 0.6 is 11.6 Å². The summed E-state index contributed by atoms with van der Waals surface area (Å²) in [6.45, 7) is 11.9. The first-order chi connectivity index (χ1) is 13.2. The first kappa shape index (κ1) is 20.2. The summed E-state index contributed by atoms with van der Waals surface area (Å²) in [5, 5.41) is 7.71. The van der Waals surface area contributed by atoms with Crippen LogP contribution in [0.25, 0.3) is 0 Å². The van der Waals surface area contributed by atoms with Gasteiger partial charge in [-0.3, -0.25) is 9.89 Å². The van der Waals surface area contributed by atoms with E-state index in [0.717, 1.165) is 64.0 Å². The Bertz CT molecular complexity index is 616. The molecule has 2 saturated heterocycles. The van der Waals surface area contributed by atoms with E-state index >= 15 is 0 Å². The molecule has 27 heavy (non-hydrogen) atoms. The van der Waals surface area contributed by atoms with Crippen LogP contribution in [0.15, 0.2) is 23.3 Å². The minimum absolute atomic E-state index is 0.349. The summed E-state index contributed by atoms with van der Waals surface area (Å²) >= 11 is 6.28. The van der Waals surface area contributed by atoms with Crippen molar-refractivity contribution >= 4 is 23.4 Å². The van der Waals surface area contributed by atoms with Crippen molar-refractivity contribution < 1.29 is 0 Å². The van der Waals surface area contributed by atoms with Crippen molar-refractivity contribution in [1.82, 2.24) is 25.4 Å². The van der Waals surface area contributed by atoms with Gasteiger partial charge in [-0.25, -0.2) is 4.98 Å². The fourth-order valence-electron chi connectivity index (χ4n) is 3.73. The zero-order valence-electron chi connectivity index (χ0n) is 16.5. The van der Waals surface area contributed by atoms with Gasteiger partial charge in [-0.1, -0.05) is 18.5 Å². The monoisotopic (exact) mass is 393 g/mol.